The van der Waals surface area contributed by atoms with E-state index in [1.807, 2.05) is 0 Å². The summed E-state index contributed by atoms with van der Waals surface area (Å²) < 4.78 is 58.1. The molecule has 0 spiro atoms. The molecule has 1 amide bonds. The van der Waals surface area contributed by atoms with E-state index in [0.717, 1.165) is 24.3 Å². The first-order valence-electron chi connectivity index (χ1n) is 6.31. The van der Waals surface area contributed by atoms with Crippen molar-refractivity contribution in [3.63, 3.8) is 0 Å². The summed E-state index contributed by atoms with van der Waals surface area (Å²) in [7, 11) is 0. The number of hydrogen-bond donors (Lipinski definition) is 2. The minimum absolute atomic E-state index is 0.363. The van der Waals surface area contributed by atoms with Gasteiger partial charge in [-0.25, -0.2) is 9.18 Å². The summed E-state index contributed by atoms with van der Waals surface area (Å²) in [6.07, 6.45) is -5.28. The molecule has 0 aliphatic carbocycles. The predicted molar refractivity (Wildman–Crippen MR) is 74.3 cm³/mol. The molecule has 0 aliphatic heterocycles. The number of rotatable bonds is 6. The fraction of sp³-hybridized carbons (Fsp3) is 0.385. The van der Waals surface area contributed by atoms with Crippen molar-refractivity contribution in [3.05, 3.63) is 30.1 Å². The first-order chi connectivity index (χ1) is 10.7. The highest BCUT2D eigenvalue weighted by atomic mass is 35.5. The van der Waals surface area contributed by atoms with Crippen LogP contribution in [0.1, 0.15) is 6.92 Å². The molecule has 0 heterocycles. The van der Waals surface area contributed by atoms with Crippen LogP contribution in [0.15, 0.2) is 24.3 Å². The summed E-state index contributed by atoms with van der Waals surface area (Å²) in [5.41, 5.74) is -3.98. The number of esters is 1. The minimum atomic E-state index is -5.28. The monoisotopic (exact) mass is 356 g/mol. The molecule has 0 bridgehead atoms. The predicted octanol–water partition coefficient (Wildman–Crippen LogP) is 2.41. The van der Waals surface area contributed by atoms with Crippen molar-refractivity contribution in [2.45, 2.75) is 18.8 Å². The Balaban J connectivity index is 3.36. The smallest absolute Gasteiger partial charge is 0.441 e. The number of nitrogens with one attached hydrogen (secondary N) is 2. The number of hydrogen-bond acceptors (Lipinski definition) is 4. The van der Waals surface area contributed by atoms with Crippen molar-refractivity contribution in [2.24, 2.45) is 0 Å². The van der Waals surface area contributed by atoms with E-state index in [1.165, 1.54) is 12.2 Å². The summed E-state index contributed by atoms with van der Waals surface area (Å²) in [6.45, 7) is 0.933. The van der Waals surface area contributed by atoms with Crippen LogP contribution in [0.5, 0.6) is 0 Å². The maximum Gasteiger partial charge on any atom is 0.441 e. The third-order valence-electron chi connectivity index (χ3n) is 2.61. The van der Waals surface area contributed by atoms with Gasteiger partial charge >= 0.3 is 17.8 Å². The van der Waals surface area contributed by atoms with Crippen molar-refractivity contribution < 1.29 is 31.9 Å². The molecule has 0 aliphatic rings. The molecule has 10 heteroatoms. The van der Waals surface area contributed by atoms with Gasteiger partial charge in [-0.1, -0.05) is 6.07 Å². The van der Waals surface area contributed by atoms with Gasteiger partial charge in [0.25, 0.3) is 0 Å². The Kier molecular flexibility index (Phi) is 6.20. The largest absolute Gasteiger partial charge is 0.463 e. The number of amides is 1. The molecule has 5 nitrogen and oxygen atoms in total. The van der Waals surface area contributed by atoms with E-state index in [0.29, 0.717) is 0 Å². The maximum atomic E-state index is 13.5. The number of halogens is 5. The van der Waals surface area contributed by atoms with Gasteiger partial charge in [-0.2, -0.15) is 13.2 Å². The van der Waals surface area contributed by atoms with Gasteiger partial charge < -0.3 is 15.4 Å². The second-order valence-corrected chi connectivity index (χ2v) is 4.55. The molecule has 2 N–H and O–H groups in total. The molecule has 1 atom stereocenters. The second-order valence-electron chi connectivity index (χ2n) is 4.29. The Morgan fingerprint density at radius 3 is 2.43 bits per heavy atom. The number of carbonyl (C=O) groups is 2. The van der Waals surface area contributed by atoms with E-state index in [2.05, 4.69) is 4.74 Å². The molecular formula is C13H13ClF4N2O3. The minimum Gasteiger partial charge on any atom is -0.463 e. The molecule has 1 aromatic carbocycles. The molecule has 0 fully saturated rings. The lowest BCUT2D eigenvalue weighted by atomic mass is 10.1. The Labute approximate surface area is 133 Å². The number of alkyl halides is 4. The van der Waals surface area contributed by atoms with Crippen LogP contribution >= 0.6 is 11.6 Å². The van der Waals surface area contributed by atoms with Crippen molar-refractivity contribution in [3.8, 4) is 0 Å². The van der Waals surface area contributed by atoms with Crippen LogP contribution in [0.3, 0.4) is 0 Å². The molecule has 1 rings (SSSR count). The Bertz CT molecular complexity index is 583. The lowest BCUT2D eigenvalue weighted by Crippen LogP contribution is -2.69. The third kappa shape index (κ3) is 4.47. The van der Waals surface area contributed by atoms with Crippen LogP contribution in [0.25, 0.3) is 0 Å². The Hall–Kier alpha value is -2.03. The first-order valence-corrected chi connectivity index (χ1v) is 6.84. The lowest BCUT2D eigenvalue weighted by Gasteiger charge is -2.35. The van der Waals surface area contributed by atoms with Gasteiger partial charge in [0.15, 0.2) is 0 Å². The zero-order chi connectivity index (χ0) is 17.7. The summed E-state index contributed by atoms with van der Waals surface area (Å²) in [5.74, 6) is -4.71. The van der Waals surface area contributed by atoms with E-state index in [1.54, 1.807) is 5.32 Å². The number of carbonyl (C=O) groups excluding carboxylic acids is 2. The lowest BCUT2D eigenvalue weighted by molar-refractivity contribution is -0.207. The van der Waals surface area contributed by atoms with Crippen LogP contribution in [-0.4, -0.2) is 36.2 Å². The van der Waals surface area contributed by atoms with Crippen LogP contribution < -0.4 is 10.6 Å². The van der Waals surface area contributed by atoms with Gasteiger partial charge in [0, 0.05) is 5.69 Å². The molecular weight excluding hydrogens is 344 g/mol. The van der Waals surface area contributed by atoms with Crippen LogP contribution in [0.2, 0.25) is 0 Å². The van der Waals surface area contributed by atoms with Crippen LogP contribution in [0.4, 0.5) is 23.2 Å². The first kappa shape index (κ1) is 19.0. The molecule has 23 heavy (non-hydrogen) atoms. The van der Waals surface area contributed by atoms with Crippen molar-refractivity contribution >= 4 is 29.2 Å². The molecule has 0 saturated carbocycles. The zero-order valence-corrected chi connectivity index (χ0v) is 12.6. The standard InChI is InChI=1S/C13H13ClF4N2O3/c1-2-23-11(22)12(13(16,17)18,20-10(21)7-14)19-9-5-3-4-8(15)6-9/h3-6,19H,2,7H2,1H3,(H,20,21)/t12-/m1/s1. The molecule has 0 unspecified atom stereocenters. The third-order valence-corrected chi connectivity index (χ3v) is 2.85. The highest BCUT2D eigenvalue weighted by Gasteiger charge is 2.63. The molecule has 128 valence electrons. The normalized spacial score (nSPS) is 13.8. The Morgan fingerprint density at radius 1 is 1.30 bits per heavy atom. The number of benzene rings is 1. The zero-order valence-electron chi connectivity index (χ0n) is 11.8. The van der Waals surface area contributed by atoms with Crippen molar-refractivity contribution in [1.82, 2.24) is 5.32 Å². The fourth-order valence-electron chi connectivity index (χ4n) is 1.66. The topological polar surface area (TPSA) is 67.4 Å². The molecule has 0 radical (unpaired) electrons. The summed E-state index contributed by atoms with van der Waals surface area (Å²) in [6, 6.07) is 3.96. The van der Waals surface area contributed by atoms with Gasteiger partial charge in [0.2, 0.25) is 5.91 Å². The van der Waals surface area contributed by atoms with E-state index in [9.17, 15) is 27.2 Å². The fourth-order valence-corrected chi connectivity index (χ4v) is 1.72. The van der Waals surface area contributed by atoms with Crippen LogP contribution in [0, 0.1) is 5.82 Å². The van der Waals surface area contributed by atoms with Gasteiger partial charge in [-0.3, -0.25) is 4.79 Å². The molecule has 0 saturated heterocycles. The molecule has 1 aromatic rings. The van der Waals surface area contributed by atoms with E-state index in [4.69, 9.17) is 11.6 Å². The quantitative estimate of drug-likeness (QED) is 0.355. The van der Waals surface area contributed by atoms with Gasteiger partial charge in [0.1, 0.15) is 11.7 Å². The van der Waals surface area contributed by atoms with Crippen molar-refractivity contribution in [1.29, 1.82) is 0 Å². The highest BCUT2D eigenvalue weighted by molar-refractivity contribution is 6.27. The summed E-state index contributed by atoms with van der Waals surface area (Å²) in [5, 5.41) is 3.26. The van der Waals surface area contributed by atoms with Crippen LogP contribution in [-0.2, 0) is 14.3 Å². The van der Waals surface area contributed by atoms with E-state index >= 15 is 0 Å². The van der Waals surface area contributed by atoms with E-state index in [-0.39, 0.29) is 12.3 Å². The summed E-state index contributed by atoms with van der Waals surface area (Å²) >= 11 is 5.20. The average molecular weight is 357 g/mol. The second kappa shape index (κ2) is 7.49. The Morgan fingerprint density at radius 2 is 1.96 bits per heavy atom. The summed E-state index contributed by atoms with van der Waals surface area (Å²) in [4.78, 5) is 23.3. The van der Waals surface area contributed by atoms with Gasteiger partial charge in [-0.05, 0) is 25.1 Å². The highest BCUT2D eigenvalue weighted by Crippen LogP contribution is 2.33. The van der Waals surface area contributed by atoms with Crippen molar-refractivity contribution in [2.75, 3.05) is 17.8 Å². The van der Waals surface area contributed by atoms with Gasteiger partial charge in [-0.15, -0.1) is 11.6 Å². The SMILES string of the molecule is CCOC(=O)[C@](NC(=O)CCl)(Nc1cccc(F)c1)C(F)(F)F. The van der Waals surface area contributed by atoms with Gasteiger partial charge in [0.05, 0.1) is 6.61 Å². The van der Waals surface area contributed by atoms with E-state index < -0.39 is 35.4 Å². The molecule has 0 aromatic heterocycles. The number of ether oxygens (including phenoxy) is 1. The maximum absolute atomic E-state index is 13.5. The average Bonchev–Trinajstić information content (AvgIpc) is 2.45. The number of anilines is 1.